The van der Waals surface area contributed by atoms with Crippen LogP contribution in [0, 0.1) is 0 Å². The van der Waals surface area contributed by atoms with Crippen LogP contribution in [0.25, 0.3) is 0 Å². The number of hydrogen-bond acceptors (Lipinski definition) is 6. The summed E-state index contributed by atoms with van der Waals surface area (Å²) in [5, 5.41) is 0. The Bertz CT molecular complexity index is 320. The molecule has 6 nitrogen and oxygen atoms in total. The summed E-state index contributed by atoms with van der Waals surface area (Å²) in [5.41, 5.74) is 0. The molecule has 0 aromatic carbocycles. The maximum atomic E-state index is 6.27. The van der Waals surface area contributed by atoms with E-state index in [1.165, 1.54) is 0 Å². The predicted octanol–water partition coefficient (Wildman–Crippen LogP) is 1.05. The molecule has 0 spiro atoms. The summed E-state index contributed by atoms with van der Waals surface area (Å²) in [6, 6.07) is 0.861. The highest BCUT2D eigenvalue weighted by Crippen LogP contribution is 2.23. The van der Waals surface area contributed by atoms with Crippen LogP contribution in [0.2, 0.25) is 6.04 Å². The Balaban J connectivity index is 1.92. The van der Waals surface area contributed by atoms with Crippen molar-refractivity contribution in [1.82, 2.24) is 9.80 Å². The number of nitrogens with zero attached hydrogens (tertiary/aromatic N) is 2. The molecule has 0 aliphatic carbocycles. The lowest BCUT2D eigenvalue weighted by atomic mass is 10.3. The molecule has 7 heteroatoms. The first-order valence-corrected chi connectivity index (χ1v) is 10.5. The van der Waals surface area contributed by atoms with Crippen molar-refractivity contribution in [2.45, 2.75) is 32.4 Å². The standard InChI is InChI=1S/C15H32N2O4Si/c1-4-16(5-2)7-8-17-9-11-20-22(18-3)12-6-10-19-14-15(13-17)21-22/h15H,4-14H2,1-3H3. The molecule has 2 rings (SSSR count). The van der Waals surface area contributed by atoms with Crippen LogP contribution in [-0.4, -0.2) is 90.9 Å². The molecule has 2 fully saturated rings. The van der Waals surface area contributed by atoms with Gasteiger partial charge in [0, 0.05) is 45.9 Å². The molecular formula is C15H32N2O4Si. The van der Waals surface area contributed by atoms with E-state index < -0.39 is 8.80 Å². The van der Waals surface area contributed by atoms with Gasteiger partial charge in [-0.2, -0.15) is 0 Å². The highest BCUT2D eigenvalue weighted by molar-refractivity contribution is 6.60. The van der Waals surface area contributed by atoms with Crippen molar-refractivity contribution < 1.29 is 18.0 Å². The van der Waals surface area contributed by atoms with Crippen molar-refractivity contribution >= 4 is 8.80 Å². The quantitative estimate of drug-likeness (QED) is 0.678. The zero-order chi connectivity index (χ0) is 15.8. The second-order valence-electron chi connectivity index (χ2n) is 5.98. The highest BCUT2D eigenvalue weighted by atomic mass is 28.4. The van der Waals surface area contributed by atoms with Gasteiger partial charge in [-0.15, -0.1) is 0 Å². The predicted molar refractivity (Wildman–Crippen MR) is 88.1 cm³/mol. The molecule has 2 saturated heterocycles. The molecule has 130 valence electrons. The highest BCUT2D eigenvalue weighted by Gasteiger charge is 2.44. The van der Waals surface area contributed by atoms with E-state index in [-0.39, 0.29) is 6.10 Å². The van der Waals surface area contributed by atoms with E-state index in [0.717, 1.165) is 58.3 Å². The summed E-state index contributed by atoms with van der Waals surface area (Å²) >= 11 is 0. The molecule has 0 saturated carbocycles. The van der Waals surface area contributed by atoms with Crippen molar-refractivity contribution in [1.29, 1.82) is 0 Å². The smallest absolute Gasteiger partial charge is 0.379 e. The molecule has 0 aromatic heterocycles. The maximum Gasteiger partial charge on any atom is 0.501 e. The Morgan fingerprint density at radius 3 is 2.82 bits per heavy atom. The van der Waals surface area contributed by atoms with Gasteiger partial charge in [0.05, 0.1) is 19.3 Å². The Kier molecular flexibility index (Phi) is 7.76. The summed E-state index contributed by atoms with van der Waals surface area (Å²) in [4.78, 5) is 4.88. The molecule has 2 heterocycles. The van der Waals surface area contributed by atoms with Gasteiger partial charge in [0.1, 0.15) is 0 Å². The van der Waals surface area contributed by atoms with E-state index in [9.17, 15) is 0 Å². The van der Waals surface area contributed by atoms with Crippen LogP contribution in [0.3, 0.4) is 0 Å². The summed E-state index contributed by atoms with van der Waals surface area (Å²) in [7, 11) is -0.750. The third-order valence-corrected chi connectivity index (χ3v) is 7.48. The Morgan fingerprint density at radius 1 is 1.27 bits per heavy atom. The molecule has 2 atom stereocenters. The average Bonchev–Trinajstić information content (AvgIpc) is 2.49. The molecule has 0 amide bonds. The topological polar surface area (TPSA) is 43.4 Å². The second kappa shape index (κ2) is 9.32. The van der Waals surface area contributed by atoms with Gasteiger partial charge in [-0.1, -0.05) is 13.8 Å². The van der Waals surface area contributed by atoms with Gasteiger partial charge in [-0.05, 0) is 19.5 Å². The molecular weight excluding hydrogens is 300 g/mol. The lowest BCUT2D eigenvalue weighted by Gasteiger charge is -2.39. The van der Waals surface area contributed by atoms with Gasteiger partial charge in [0.25, 0.3) is 0 Å². The summed E-state index contributed by atoms with van der Waals surface area (Å²) < 4.78 is 23.8. The van der Waals surface area contributed by atoms with Crippen LogP contribution in [0.15, 0.2) is 0 Å². The third kappa shape index (κ3) is 5.26. The van der Waals surface area contributed by atoms with Crippen LogP contribution in [0.5, 0.6) is 0 Å². The molecule has 0 N–H and O–H groups in total. The molecule has 2 aliphatic rings. The minimum absolute atomic E-state index is 0.0592. The molecule has 22 heavy (non-hydrogen) atoms. The lowest BCUT2D eigenvalue weighted by molar-refractivity contribution is -0.0506. The lowest BCUT2D eigenvalue weighted by Crippen LogP contribution is -2.56. The van der Waals surface area contributed by atoms with Crippen molar-refractivity contribution in [3.05, 3.63) is 0 Å². The number of fused-ring (bicyclic) bond motifs is 2. The van der Waals surface area contributed by atoms with E-state index in [0.29, 0.717) is 13.2 Å². The van der Waals surface area contributed by atoms with Crippen LogP contribution in [0.4, 0.5) is 0 Å². The van der Waals surface area contributed by atoms with Gasteiger partial charge in [-0.3, -0.25) is 4.90 Å². The molecule has 2 bridgehead atoms. The van der Waals surface area contributed by atoms with E-state index in [2.05, 4.69) is 23.6 Å². The Hall–Kier alpha value is -0.0231. The van der Waals surface area contributed by atoms with Crippen LogP contribution in [0.1, 0.15) is 20.3 Å². The third-order valence-electron chi connectivity index (χ3n) is 4.55. The van der Waals surface area contributed by atoms with Crippen molar-refractivity contribution in [3.8, 4) is 0 Å². The summed E-state index contributed by atoms with van der Waals surface area (Å²) in [6.45, 7) is 12.7. The molecule has 0 radical (unpaired) electrons. The Morgan fingerprint density at radius 2 is 2.09 bits per heavy atom. The zero-order valence-electron chi connectivity index (χ0n) is 14.4. The van der Waals surface area contributed by atoms with Crippen LogP contribution in [-0.2, 0) is 18.0 Å². The van der Waals surface area contributed by atoms with Gasteiger partial charge in [-0.25, -0.2) is 0 Å². The van der Waals surface area contributed by atoms with Crippen LogP contribution >= 0.6 is 0 Å². The first-order valence-electron chi connectivity index (χ1n) is 8.60. The van der Waals surface area contributed by atoms with Crippen molar-refractivity contribution in [2.24, 2.45) is 0 Å². The maximum absolute atomic E-state index is 6.27. The second-order valence-corrected chi connectivity index (χ2v) is 8.78. The first-order chi connectivity index (χ1) is 10.7. The van der Waals surface area contributed by atoms with Crippen molar-refractivity contribution in [2.75, 3.05) is 66.2 Å². The normalized spacial score (nSPS) is 31.4. The minimum Gasteiger partial charge on any atom is -0.379 e. The van der Waals surface area contributed by atoms with Crippen molar-refractivity contribution in [3.63, 3.8) is 0 Å². The van der Waals surface area contributed by atoms with Gasteiger partial charge < -0.3 is 22.9 Å². The SMILES string of the molecule is CCN(CC)CCN1CCO[Si]2(OC)CCCOCC(C1)O2. The zero-order valence-corrected chi connectivity index (χ0v) is 15.4. The van der Waals surface area contributed by atoms with E-state index in [1.807, 2.05) is 0 Å². The fourth-order valence-electron chi connectivity index (χ4n) is 3.09. The number of likely N-dealkylation sites (N-methyl/N-ethyl adjacent to an activating group) is 1. The van der Waals surface area contributed by atoms with E-state index >= 15 is 0 Å². The van der Waals surface area contributed by atoms with Gasteiger partial charge in [0.15, 0.2) is 0 Å². The van der Waals surface area contributed by atoms with E-state index in [1.54, 1.807) is 7.11 Å². The molecule has 2 aliphatic heterocycles. The van der Waals surface area contributed by atoms with Gasteiger partial charge >= 0.3 is 8.80 Å². The number of ether oxygens (including phenoxy) is 1. The fraction of sp³-hybridized carbons (Fsp3) is 1.00. The Labute approximate surface area is 136 Å². The number of hydrogen-bond donors (Lipinski definition) is 0. The fourth-order valence-corrected chi connectivity index (χ4v) is 5.47. The summed E-state index contributed by atoms with van der Waals surface area (Å²) in [5.74, 6) is 0. The minimum atomic E-state index is -2.48. The number of rotatable bonds is 6. The molecule has 2 unspecified atom stereocenters. The molecule has 0 aromatic rings. The summed E-state index contributed by atoms with van der Waals surface area (Å²) in [6.07, 6.45) is 1.02. The van der Waals surface area contributed by atoms with E-state index in [4.69, 9.17) is 18.0 Å². The first kappa shape index (κ1) is 18.3. The van der Waals surface area contributed by atoms with Crippen LogP contribution < -0.4 is 0 Å². The largest absolute Gasteiger partial charge is 0.501 e. The monoisotopic (exact) mass is 332 g/mol. The van der Waals surface area contributed by atoms with Gasteiger partial charge in [0.2, 0.25) is 0 Å². The average molecular weight is 333 g/mol.